The van der Waals surface area contributed by atoms with Gasteiger partial charge < -0.3 is 19.5 Å². The molecule has 0 fully saturated rings. The third-order valence-electron chi connectivity index (χ3n) is 4.41. The fourth-order valence-electron chi connectivity index (χ4n) is 3.27. The van der Waals surface area contributed by atoms with E-state index in [1.807, 2.05) is 19.9 Å². The molecule has 0 radical (unpaired) electrons. The van der Waals surface area contributed by atoms with Crippen LogP contribution in [0.5, 0.6) is 11.5 Å². The van der Waals surface area contributed by atoms with E-state index in [9.17, 15) is 14.7 Å². The van der Waals surface area contributed by atoms with Crippen molar-refractivity contribution in [2.45, 2.75) is 32.7 Å². The van der Waals surface area contributed by atoms with Gasteiger partial charge in [-0.25, -0.2) is 4.79 Å². The van der Waals surface area contributed by atoms with Gasteiger partial charge in [-0.2, -0.15) is 0 Å². The molecule has 0 saturated heterocycles. The zero-order chi connectivity index (χ0) is 17.4. The van der Waals surface area contributed by atoms with Gasteiger partial charge in [0.05, 0.1) is 7.11 Å². The van der Waals surface area contributed by atoms with E-state index in [0.717, 1.165) is 11.1 Å². The van der Waals surface area contributed by atoms with E-state index in [1.54, 1.807) is 19.2 Å². The number of ether oxygens (including phenoxy) is 2. The number of nitrogens with zero attached hydrogens (tertiary/aromatic N) is 1. The number of benzene rings is 1. The first kappa shape index (κ1) is 16.4. The molecule has 6 nitrogen and oxygen atoms in total. The van der Waals surface area contributed by atoms with Crippen molar-refractivity contribution < 1.29 is 24.2 Å². The summed E-state index contributed by atoms with van der Waals surface area (Å²) in [7, 11) is 1.59. The van der Waals surface area contributed by atoms with E-state index in [-0.39, 0.29) is 24.1 Å². The molecule has 0 aliphatic carbocycles. The first-order valence-corrected chi connectivity index (χ1v) is 8.02. The van der Waals surface area contributed by atoms with Crippen LogP contribution >= 0.6 is 0 Å². The molecular weight excluding hydrogens is 310 g/mol. The summed E-state index contributed by atoms with van der Waals surface area (Å²) in [4.78, 5) is 25.7. The average molecular weight is 331 g/mol. The molecular formula is C18H21NO5. The number of hydrogen-bond acceptors (Lipinski definition) is 4. The van der Waals surface area contributed by atoms with Gasteiger partial charge in [0.1, 0.15) is 17.5 Å². The fraction of sp³-hybridized carbons (Fsp3) is 0.444. The van der Waals surface area contributed by atoms with Crippen molar-refractivity contribution in [1.29, 1.82) is 0 Å². The van der Waals surface area contributed by atoms with Crippen LogP contribution in [0, 0.1) is 5.92 Å². The predicted octanol–water partition coefficient (Wildman–Crippen LogP) is 2.23. The molecule has 2 heterocycles. The van der Waals surface area contributed by atoms with Gasteiger partial charge in [0.2, 0.25) is 0 Å². The monoisotopic (exact) mass is 331 g/mol. The summed E-state index contributed by atoms with van der Waals surface area (Å²) in [5.74, 6) is 0.431. The second-order valence-corrected chi connectivity index (χ2v) is 6.57. The Balaban J connectivity index is 1.87. The molecule has 1 amide bonds. The molecule has 3 rings (SSSR count). The minimum Gasteiger partial charge on any atom is -0.496 e. The van der Waals surface area contributed by atoms with E-state index in [2.05, 4.69) is 0 Å². The number of fused-ring (bicyclic) bond motifs is 1. The number of hydrogen-bond donors (Lipinski definition) is 1. The quantitative estimate of drug-likeness (QED) is 0.895. The van der Waals surface area contributed by atoms with E-state index < -0.39 is 12.0 Å². The highest BCUT2D eigenvalue weighted by Gasteiger charge is 2.42. The number of rotatable bonds is 5. The number of aliphatic carboxylic acids is 1. The molecule has 24 heavy (non-hydrogen) atoms. The number of methoxy groups -OCH3 is 1. The molecule has 1 aromatic carbocycles. The molecule has 128 valence electrons. The minimum atomic E-state index is -0.980. The van der Waals surface area contributed by atoms with Gasteiger partial charge in [0.25, 0.3) is 5.91 Å². The fourth-order valence-corrected chi connectivity index (χ4v) is 3.27. The zero-order valence-electron chi connectivity index (χ0n) is 14.0. The highest BCUT2D eigenvalue weighted by atomic mass is 16.5. The number of carbonyl (C=O) groups excluding carboxylic acids is 1. The summed E-state index contributed by atoms with van der Waals surface area (Å²) in [6.45, 7) is 4.18. The summed E-state index contributed by atoms with van der Waals surface area (Å²) < 4.78 is 11.1. The SMILES string of the molecule is COc1cccc2c1CC1=C(O2)C(=O)N(C(CC(C)C)C(=O)O)C1. The highest BCUT2D eigenvalue weighted by Crippen LogP contribution is 2.39. The van der Waals surface area contributed by atoms with E-state index in [1.165, 1.54) is 4.90 Å². The lowest BCUT2D eigenvalue weighted by Crippen LogP contribution is -2.44. The lowest BCUT2D eigenvalue weighted by molar-refractivity contribution is -0.149. The van der Waals surface area contributed by atoms with Crippen LogP contribution in [-0.2, 0) is 16.0 Å². The lowest BCUT2D eigenvalue weighted by atomic mass is 10.0. The molecule has 0 spiro atoms. The van der Waals surface area contributed by atoms with Gasteiger partial charge in [0, 0.05) is 24.1 Å². The molecule has 0 bridgehead atoms. The number of carbonyl (C=O) groups is 2. The smallest absolute Gasteiger partial charge is 0.326 e. The lowest BCUT2D eigenvalue weighted by Gasteiger charge is -2.25. The van der Waals surface area contributed by atoms with Crippen LogP contribution in [-0.4, -0.2) is 41.6 Å². The average Bonchev–Trinajstić information content (AvgIpc) is 2.85. The van der Waals surface area contributed by atoms with Crippen LogP contribution in [0.4, 0.5) is 0 Å². The van der Waals surface area contributed by atoms with E-state index >= 15 is 0 Å². The molecule has 1 atom stereocenters. The van der Waals surface area contributed by atoms with Gasteiger partial charge in [-0.3, -0.25) is 4.79 Å². The van der Waals surface area contributed by atoms with Gasteiger partial charge in [-0.05, 0) is 24.5 Å². The summed E-state index contributed by atoms with van der Waals surface area (Å²) in [5, 5.41) is 9.52. The first-order chi connectivity index (χ1) is 11.4. The summed E-state index contributed by atoms with van der Waals surface area (Å²) >= 11 is 0. The van der Waals surface area contributed by atoms with Crippen LogP contribution < -0.4 is 9.47 Å². The van der Waals surface area contributed by atoms with Crippen molar-refractivity contribution in [1.82, 2.24) is 4.90 Å². The third-order valence-corrected chi connectivity index (χ3v) is 4.41. The van der Waals surface area contributed by atoms with Crippen LogP contribution in [0.15, 0.2) is 29.5 Å². The first-order valence-electron chi connectivity index (χ1n) is 8.02. The predicted molar refractivity (Wildman–Crippen MR) is 86.9 cm³/mol. The maximum absolute atomic E-state index is 12.7. The van der Waals surface area contributed by atoms with Crippen LogP contribution in [0.2, 0.25) is 0 Å². The molecule has 0 aromatic heterocycles. The van der Waals surface area contributed by atoms with E-state index in [0.29, 0.717) is 24.3 Å². The maximum atomic E-state index is 12.7. The molecule has 1 N–H and O–H groups in total. The van der Waals surface area contributed by atoms with Gasteiger partial charge in [-0.1, -0.05) is 19.9 Å². The standard InChI is InChI=1S/C18H21NO5/c1-10(2)7-13(18(21)22)19-9-11-8-12-14(23-3)5-4-6-15(12)24-16(11)17(19)20/h4-6,10,13H,7-9H2,1-3H3,(H,21,22). The summed E-state index contributed by atoms with van der Waals surface area (Å²) in [5.41, 5.74) is 1.70. The Bertz CT molecular complexity index is 722. The number of amides is 1. The topological polar surface area (TPSA) is 76.1 Å². The Morgan fingerprint density at radius 1 is 1.42 bits per heavy atom. The van der Waals surface area contributed by atoms with Gasteiger partial charge in [0.15, 0.2) is 5.76 Å². The molecule has 1 aromatic rings. The van der Waals surface area contributed by atoms with Gasteiger partial charge >= 0.3 is 5.97 Å². The van der Waals surface area contributed by atoms with Crippen LogP contribution in [0.1, 0.15) is 25.8 Å². The van der Waals surface area contributed by atoms with E-state index in [4.69, 9.17) is 9.47 Å². The Hall–Kier alpha value is -2.50. The van der Waals surface area contributed by atoms with Crippen molar-refractivity contribution >= 4 is 11.9 Å². The van der Waals surface area contributed by atoms with Crippen LogP contribution in [0.25, 0.3) is 0 Å². The normalized spacial score (nSPS) is 17.5. The second kappa shape index (κ2) is 6.19. The molecule has 0 saturated carbocycles. The van der Waals surface area contributed by atoms with Crippen molar-refractivity contribution in [3.05, 3.63) is 35.1 Å². The maximum Gasteiger partial charge on any atom is 0.326 e. The number of carboxylic acids is 1. The summed E-state index contributed by atoms with van der Waals surface area (Å²) in [6.07, 6.45) is 0.947. The Morgan fingerprint density at radius 2 is 2.17 bits per heavy atom. The third kappa shape index (κ3) is 2.72. The number of carboxylic acid groups (broad SMARTS) is 1. The van der Waals surface area contributed by atoms with Crippen molar-refractivity contribution in [3.63, 3.8) is 0 Å². The van der Waals surface area contributed by atoms with Crippen molar-refractivity contribution in [2.24, 2.45) is 5.92 Å². The van der Waals surface area contributed by atoms with Crippen molar-refractivity contribution in [3.8, 4) is 11.5 Å². The zero-order valence-corrected chi connectivity index (χ0v) is 14.0. The Labute approximate surface area is 140 Å². The van der Waals surface area contributed by atoms with Gasteiger partial charge in [-0.15, -0.1) is 0 Å². The Morgan fingerprint density at radius 3 is 2.79 bits per heavy atom. The minimum absolute atomic E-state index is 0.176. The molecule has 6 heteroatoms. The molecule has 1 unspecified atom stereocenters. The highest BCUT2D eigenvalue weighted by molar-refractivity contribution is 5.98. The Kier molecular flexibility index (Phi) is 4.22. The second-order valence-electron chi connectivity index (χ2n) is 6.57. The molecule has 2 aliphatic heterocycles. The molecule has 2 aliphatic rings. The van der Waals surface area contributed by atoms with Crippen LogP contribution in [0.3, 0.4) is 0 Å². The van der Waals surface area contributed by atoms with Crippen molar-refractivity contribution in [2.75, 3.05) is 13.7 Å². The summed E-state index contributed by atoms with van der Waals surface area (Å²) in [6, 6.07) is 4.61. The largest absolute Gasteiger partial charge is 0.496 e.